The second kappa shape index (κ2) is 5.98. The Labute approximate surface area is 113 Å². The van der Waals surface area contributed by atoms with Crippen molar-refractivity contribution in [2.24, 2.45) is 0 Å². The SMILES string of the molecule is CS(=O)(=O)c1cccc(F)c1CCN1CCNCC1. The summed E-state index contributed by atoms with van der Waals surface area (Å²) in [6, 6.07) is 4.24. The third-order valence-corrected chi connectivity index (χ3v) is 4.54. The summed E-state index contributed by atoms with van der Waals surface area (Å²) in [6.07, 6.45) is 1.55. The molecule has 1 heterocycles. The third kappa shape index (κ3) is 3.75. The maximum absolute atomic E-state index is 13.8. The second-order valence-electron chi connectivity index (χ2n) is 4.83. The van der Waals surface area contributed by atoms with Crippen molar-refractivity contribution in [3.63, 3.8) is 0 Å². The Balaban J connectivity index is 2.15. The van der Waals surface area contributed by atoms with Crippen molar-refractivity contribution in [1.29, 1.82) is 0 Å². The largest absolute Gasteiger partial charge is 0.314 e. The summed E-state index contributed by atoms with van der Waals surface area (Å²) in [7, 11) is -3.38. The number of hydrogen-bond donors (Lipinski definition) is 1. The van der Waals surface area contributed by atoms with Gasteiger partial charge in [-0.2, -0.15) is 0 Å². The summed E-state index contributed by atoms with van der Waals surface area (Å²) >= 11 is 0. The molecule has 0 aromatic heterocycles. The van der Waals surface area contributed by atoms with Crippen LogP contribution in [0.5, 0.6) is 0 Å². The number of rotatable bonds is 4. The summed E-state index contributed by atoms with van der Waals surface area (Å²) < 4.78 is 37.2. The van der Waals surface area contributed by atoms with Crippen molar-refractivity contribution in [3.8, 4) is 0 Å². The fraction of sp³-hybridized carbons (Fsp3) is 0.538. The molecule has 2 rings (SSSR count). The lowest BCUT2D eigenvalue weighted by Crippen LogP contribution is -2.44. The number of benzene rings is 1. The first-order chi connectivity index (χ1) is 8.98. The van der Waals surface area contributed by atoms with E-state index in [0.717, 1.165) is 32.4 Å². The van der Waals surface area contributed by atoms with Crippen LogP contribution in [0, 0.1) is 5.82 Å². The van der Waals surface area contributed by atoms with Gasteiger partial charge in [-0.15, -0.1) is 0 Å². The molecule has 1 saturated heterocycles. The standard InChI is InChI=1S/C13H19FN2O2S/c1-19(17,18)13-4-2-3-12(14)11(13)5-8-16-9-6-15-7-10-16/h2-4,15H,5-10H2,1H3. The highest BCUT2D eigenvalue weighted by molar-refractivity contribution is 7.90. The van der Waals surface area contributed by atoms with Crippen LogP contribution in [-0.4, -0.2) is 52.3 Å². The summed E-state index contributed by atoms with van der Waals surface area (Å²) in [5.41, 5.74) is 0.309. The zero-order chi connectivity index (χ0) is 13.9. The molecular formula is C13H19FN2O2S. The van der Waals surface area contributed by atoms with Gasteiger partial charge in [-0.1, -0.05) is 6.07 Å². The van der Waals surface area contributed by atoms with Crippen LogP contribution in [0.1, 0.15) is 5.56 Å². The average Bonchev–Trinajstić information content (AvgIpc) is 2.37. The van der Waals surface area contributed by atoms with Crippen LogP contribution >= 0.6 is 0 Å². The fourth-order valence-corrected chi connectivity index (χ4v) is 3.31. The van der Waals surface area contributed by atoms with Gasteiger partial charge in [-0.3, -0.25) is 0 Å². The van der Waals surface area contributed by atoms with Crippen LogP contribution in [0.2, 0.25) is 0 Å². The van der Waals surface area contributed by atoms with Crippen LogP contribution in [0.4, 0.5) is 4.39 Å². The molecule has 1 aliphatic heterocycles. The maximum atomic E-state index is 13.8. The van der Waals surface area contributed by atoms with Crippen molar-refractivity contribution in [2.75, 3.05) is 39.0 Å². The first kappa shape index (κ1) is 14.4. The molecule has 0 radical (unpaired) electrons. The van der Waals surface area contributed by atoms with Crippen LogP contribution in [0.3, 0.4) is 0 Å². The zero-order valence-electron chi connectivity index (χ0n) is 11.0. The van der Waals surface area contributed by atoms with Crippen molar-refractivity contribution < 1.29 is 12.8 Å². The molecule has 1 fully saturated rings. The molecular weight excluding hydrogens is 267 g/mol. The first-order valence-electron chi connectivity index (χ1n) is 6.39. The molecule has 0 unspecified atom stereocenters. The van der Waals surface area contributed by atoms with E-state index in [0.29, 0.717) is 18.5 Å². The molecule has 1 aliphatic rings. The van der Waals surface area contributed by atoms with E-state index >= 15 is 0 Å². The van der Waals surface area contributed by atoms with Gasteiger partial charge in [0.05, 0.1) is 4.90 Å². The van der Waals surface area contributed by atoms with E-state index in [1.54, 1.807) is 0 Å². The van der Waals surface area contributed by atoms with Crippen molar-refractivity contribution in [1.82, 2.24) is 10.2 Å². The lowest BCUT2D eigenvalue weighted by Gasteiger charge is -2.27. The minimum Gasteiger partial charge on any atom is -0.314 e. The predicted molar refractivity (Wildman–Crippen MR) is 72.5 cm³/mol. The molecule has 0 spiro atoms. The highest BCUT2D eigenvalue weighted by Crippen LogP contribution is 2.19. The maximum Gasteiger partial charge on any atom is 0.175 e. The van der Waals surface area contributed by atoms with Gasteiger partial charge in [-0.25, -0.2) is 12.8 Å². The van der Waals surface area contributed by atoms with Crippen molar-refractivity contribution in [2.45, 2.75) is 11.3 Å². The number of sulfone groups is 1. The van der Waals surface area contributed by atoms with E-state index in [1.807, 2.05) is 0 Å². The molecule has 1 aromatic rings. The van der Waals surface area contributed by atoms with Crippen molar-refractivity contribution in [3.05, 3.63) is 29.6 Å². The molecule has 0 atom stereocenters. The Morgan fingerprint density at radius 2 is 2.00 bits per heavy atom. The monoisotopic (exact) mass is 286 g/mol. The van der Waals surface area contributed by atoms with E-state index in [9.17, 15) is 12.8 Å². The Kier molecular flexibility index (Phi) is 4.54. The van der Waals surface area contributed by atoms with Crippen LogP contribution < -0.4 is 5.32 Å². The summed E-state index contributed by atoms with van der Waals surface area (Å²) in [5, 5.41) is 3.25. The summed E-state index contributed by atoms with van der Waals surface area (Å²) in [6.45, 7) is 4.38. The second-order valence-corrected chi connectivity index (χ2v) is 6.81. The van der Waals surface area contributed by atoms with Gasteiger partial charge < -0.3 is 10.2 Å². The van der Waals surface area contributed by atoms with E-state index in [-0.39, 0.29) is 4.90 Å². The van der Waals surface area contributed by atoms with Crippen LogP contribution in [0.15, 0.2) is 23.1 Å². The molecule has 1 aromatic carbocycles. The van der Waals surface area contributed by atoms with Crippen LogP contribution in [0.25, 0.3) is 0 Å². The molecule has 0 amide bonds. The van der Waals surface area contributed by atoms with E-state index in [1.165, 1.54) is 18.2 Å². The molecule has 4 nitrogen and oxygen atoms in total. The molecule has 106 valence electrons. The predicted octanol–water partition coefficient (Wildman–Crippen LogP) is 0.677. The Bertz CT molecular complexity index is 540. The highest BCUT2D eigenvalue weighted by atomic mass is 32.2. The lowest BCUT2D eigenvalue weighted by atomic mass is 10.1. The van der Waals surface area contributed by atoms with Gasteiger partial charge in [-0.05, 0) is 18.6 Å². The smallest absolute Gasteiger partial charge is 0.175 e. The minimum atomic E-state index is -3.38. The van der Waals surface area contributed by atoms with Gasteiger partial charge in [0, 0.05) is 44.5 Å². The minimum absolute atomic E-state index is 0.114. The quantitative estimate of drug-likeness (QED) is 0.884. The molecule has 19 heavy (non-hydrogen) atoms. The number of nitrogens with zero attached hydrogens (tertiary/aromatic N) is 1. The fourth-order valence-electron chi connectivity index (χ4n) is 2.33. The number of halogens is 1. The third-order valence-electron chi connectivity index (χ3n) is 3.36. The molecule has 1 N–H and O–H groups in total. The normalized spacial score (nSPS) is 17.6. The average molecular weight is 286 g/mol. The van der Waals surface area contributed by atoms with Crippen molar-refractivity contribution >= 4 is 9.84 Å². The Morgan fingerprint density at radius 3 is 2.63 bits per heavy atom. The first-order valence-corrected chi connectivity index (χ1v) is 8.28. The van der Waals surface area contributed by atoms with Gasteiger partial charge in [0.25, 0.3) is 0 Å². The van der Waals surface area contributed by atoms with E-state index < -0.39 is 15.7 Å². The number of nitrogens with one attached hydrogen (secondary N) is 1. The van der Waals surface area contributed by atoms with Crippen LogP contribution in [-0.2, 0) is 16.3 Å². The van der Waals surface area contributed by atoms with Gasteiger partial charge >= 0.3 is 0 Å². The summed E-state index contributed by atoms with van der Waals surface area (Å²) in [4.78, 5) is 2.33. The van der Waals surface area contributed by atoms with Gasteiger partial charge in [0.2, 0.25) is 0 Å². The Morgan fingerprint density at radius 1 is 1.32 bits per heavy atom. The molecule has 0 saturated carbocycles. The van der Waals surface area contributed by atoms with E-state index in [2.05, 4.69) is 10.2 Å². The summed E-state index contributed by atoms with van der Waals surface area (Å²) in [5.74, 6) is -0.432. The molecule has 0 bridgehead atoms. The zero-order valence-corrected chi connectivity index (χ0v) is 11.8. The van der Waals surface area contributed by atoms with Gasteiger partial charge in [0.1, 0.15) is 5.82 Å². The highest BCUT2D eigenvalue weighted by Gasteiger charge is 2.18. The molecule has 0 aliphatic carbocycles. The van der Waals surface area contributed by atoms with E-state index in [4.69, 9.17) is 0 Å². The topological polar surface area (TPSA) is 49.4 Å². The number of hydrogen-bond acceptors (Lipinski definition) is 4. The molecule has 6 heteroatoms. The lowest BCUT2D eigenvalue weighted by molar-refractivity contribution is 0.242. The Hall–Kier alpha value is -0.980. The van der Waals surface area contributed by atoms with Gasteiger partial charge in [0.15, 0.2) is 9.84 Å². The number of piperazine rings is 1.